The third-order valence-electron chi connectivity index (χ3n) is 6.41. The van der Waals surface area contributed by atoms with Gasteiger partial charge in [-0.25, -0.2) is 0 Å². The van der Waals surface area contributed by atoms with Crippen molar-refractivity contribution < 1.29 is 24.0 Å². The fourth-order valence-corrected chi connectivity index (χ4v) is 3.95. The zero-order valence-electron chi connectivity index (χ0n) is 23.4. The molecule has 0 aliphatic carbocycles. The molecule has 37 heavy (non-hydrogen) atoms. The summed E-state index contributed by atoms with van der Waals surface area (Å²) in [5.74, 6) is -2.19. The van der Waals surface area contributed by atoms with E-state index in [1.165, 1.54) is 11.8 Å². The molecule has 214 valence electrons. The van der Waals surface area contributed by atoms with E-state index in [0.29, 0.717) is 25.0 Å². The third kappa shape index (κ3) is 13.1. The van der Waals surface area contributed by atoms with E-state index in [1.54, 1.807) is 0 Å². The molecule has 0 saturated heterocycles. The number of carbonyl (C=O) groups is 5. The average Bonchev–Trinajstić information content (AvgIpc) is 2.85. The van der Waals surface area contributed by atoms with Crippen LogP contribution in [-0.2, 0) is 24.0 Å². The van der Waals surface area contributed by atoms with Crippen LogP contribution in [0, 0.1) is 17.8 Å². The zero-order valence-corrected chi connectivity index (χ0v) is 24.2. The van der Waals surface area contributed by atoms with Gasteiger partial charge >= 0.3 is 0 Å². The Morgan fingerprint density at radius 2 is 1.41 bits per heavy atom. The highest BCUT2D eigenvalue weighted by Gasteiger charge is 2.30. The summed E-state index contributed by atoms with van der Waals surface area (Å²) >= 11 is 1.52. The Balaban J connectivity index is 5.25. The van der Waals surface area contributed by atoms with Gasteiger partial charge in [-0.2, -0.15) is 11.8 Å². The second-order valence-electron chi connectivity index (χ2n) is 10.00. The summed E-state index contributed by atoms with van der Waals surface area (Å²) in [7, 11) is 0. The van der Waals surface area contributed by atoms with Crippen LogP contribution in [0.3, 0.4) is 0 Å². The lowest BCUT2D eigenvalue weighted by atomic mass is 9.95. The molecule has 12 heteroatoms. The number of nitrogens with two attached hydrogens (primary N) is 2. The van der Waals surface area contributed by atoms with Crippen LogP contribution < -0.4 is 32.7 Å². The number of hydrogen-bond donors (Lipinski definition) is 6. The van der Waals surface area contributed by atoms with Crippen molar-refractivity contribution in [2.45, 2.75) is 91.4 Å². The van der Waals surface area contributed by atoms with E-state index in [-0.39, 0.29) is 24.3 Å². The number of carbonyl (C=O) groups excluding carboxylic acids is 5. The lowest BCUT2D eigenvalue weighted by Gasteiger charge is -2.27. The van der Waals surface area contributed by atoms with Crippen LogP contribution in [0.4, 0.5) is 0 Å². The van der Waals surface area contributed by atoms with Crippen LogP contribution in [0.2, 0.25) is 0 Å². The molecule has 0 radical (unpaired) electrons. The van der Waals surface area contributed by atoms with Crippen LogP contribution in [0.5, 0.6) is 0 Å². The predicted octanol–water partition coefficient (Wildman–Crippen LogP) is 0.261. The minimum absolute atomic E-state index is 0.0506. The lowest BCUT2D eigenvalue weighted by Crippen LogP contribution is -2.57. The first-order valence-corrected chi connectivity index (χ1v) is 14.4. The van der Waals surface area contributed by atoms with Crippen molar-refractivity contribution in [3.63, 3.8) is 0 Å². The first-order valence-electron chi connectivity index (χ1n) is 13.0. The molecule has 0 rings (SSSR count). The molecule has 0 saturated carbocycles. The molecule has 0 aliphatic rings. The van der Waals surface area contributed by atoms with Crippen molar-refractivity contribution >= 4 is 41.3 Å². The normalized spacial score (nSPS) is 16.0. The number of primary amides is 1. The molecule has 0 heterocycles. The topological polar surface area (TPSA) is 186 Å². The van der Waals surface area contributed by atoms with Crippen LogP contribution in [0.25, 0.3) is 0 Å². The van der Waals surface area contributed by atoms with Crippen LogP contribution >= 0.6 is 11.8 Å². The summed E-state index contributed by atoms with van der Waals surface area (Å²) in [6.07, 6.45) is 3.94. The summed E-state index contributed by atoms with van der Waals surface area (Å²) in [6, 6.07) is -3.35. The van der Waals surface area contributed by atoms with E-state index in [9.17, 15) is 24.0 Å². The first-order chi connectivity index (χ1) is 17.3. The fourth-order valence-electron chi connectivity index (χ4n) is 3.48. The Labute approximate surface area is 225 Å². The number of thioether (sulfide) groups is 1. The highest BCUT2D eigenvalue weighted by molar-refractivity contribution is 7.98. The van der Waals surface area contributed by atoms with E-state index in [0.717, 1.165) is 6.42 Å². The Hall–Kier alpha value is -2.34. The number of nitrogens with one attached hydrogen (secondary N) is 4. The van der Waals surface area contributed by atoms with Gasteiger partial charge in [0.2, 0.25) is 29.5 Å². The third-order valence-corrected chi connectivity index (χ3v) is 7.05. The van der Waals surface area contributed by atoms with Crippen molar-refractivity contribution in [2.75, 3.05) is 18.6 Å². The van der Waals surface area contributed by atoms with Crippen molar-refractivity contribution in [3.05, 3.63) is 0 Å². The van der Waals surface area contributed by atoms with Gasteiger partial charge in [-0.3, -0.25) is 24.0 Å². The Kier molecular flexibility index (Phi) is 16.9. The van der Waals surface area contributed by atoms with Crippen molar-refractivity contribution in [2.24, 2.45) is 29.2 Å². The van der Waals surface area contributed by atoms with E-state index in [1.807, 2.05) is 47.8 Å². The van der Waals surface area contributed by atoms with Gasteiger partial charge in [-0.1, -0.05) is 54.4 Å². The van der Waals surface area contributed by atoms with Crippen molar-refractivity contribution in [1.29, 1.82) is 0 Å². The van der Waals surface area contributed by atoms with Crippen LogP contribution in [-0.4, -0.2) is 72.3 Å². The number of amides is 5. The van der Waals surface area contributed by atoms with Gasteiger partial charge in [0.25, 0.3) is 0 Å². The number of hydrogen-bond acceptors (Lipinski definition) is 7. The van der Waals surface area contributed by atoms with E-state index in [2.05, 4.69) is 21.3 Å². The molecular formula is C25H48N6O5S. The van der Waals surface area contributed by atoms with E-state index >= 15 is 0 Å². The molecule has 0 aliphatic heterocycles. The van der Waals surface area contributed by atoms with Crippen molar-refractivity contribution in [1.82, 2.24) is 21.3 Å². The molecule has 0 aromatic carbocycles. The Morgan fingerprint density at radius 3 is 1.89 bits per heavy atom. The minimum atomic E-state index is -0.904. The smallest absolute Gasteiger partial charge is 0.243 e. The largest absolute Gasteiger partial charge is 0.368 e. The van der Waals surface area contributed by atoms with E-state index < -0.39 is 53.7 Å². The maximum atomic E-state index is 12.9. The minimum Gasteiger partial charge on any atom is -0.368 e. The SMILES string of the molecule is CC[C@H](C)[C@H](N)C(=O)N[C@H](C(=O)NCC(=O)N[C@@H](CC(C)C)C(=O)N[C@@H](CCSC)C(N)=O)[C@@H](C)CC. The predicted molar refractivity (Wildman–Crippen MR) is 147 cm³/mol. The summed E-state index contributed by atoms with van der Waals surface area (Å²) in [6.45, 7) is 10.9. The second kappa shape index (κ2) is 18.0. The summed E-state index contributed by atoms with van der Waals surface area (Å²) < 4.78 is 0. The maximum Gasteiger partial charge on any atom is 0.243 e. The molecule has 8 N–H and O–H groups in total. The fraction of sp³-hybridized carbons (Fsp3) is 0.800. The molecule has 0 aromatic rings. The summed E-state index contributed by atoms with van der Waals surface area (Å²) in [5.41, 5.74) is 11.4. The van der Waals surface area contributed by atoms with Gasteiger partial charge in [-0.05, 0) is 42.6 Å². The highest BCUT2D eigenvalue weighted by Crippen LogP contribution is 2.11. The Bertz CT molecular complexity index is 766. The van der Waals surface area contributed by atoms with Gasteiger partial charge in [0.15, 0.2) is 0 Å². The molecule has 0 bridgehead atoms. The maximum absolute atomic E-state index is 12.9. The molecule has 6 atom stereocenters. The van der Waals surface area contributed by atoms with Gasteiger partial charge < -0.3 is 32.7 Å². The average molecular weight is 545 g/mol. The van der Waals surface area contributed by atoms with Gasteiger partial charge in [-0.15, -0.1) is 0 Å². The van der Waals surface area contributed by atoms with Gasteiger partial charge in [0.05, 0.1) is 12.6 Å². The quantitative estimate of drug-likeness (QED) is 0.143. The van der Waals surface area contributed by atoms with Gasteiger partial charge in [0, 0.05) is 0 Å². The van der Waals surface area contributed by atoms with Crippen LogP contribution in [0.1, 0.15) is 67.2 Å². The standard InChI is InChI=1S/C25H48N6O5S/c1-8-15(5)20(26)24(35)31-21(16(6)9-2)25(36)28-13-19(32)29-18(12-14(3)4)23(34)30-17(22(27)33)10-11-37-7/h14-18,20-21H,8-13,26H2,1-7H3,(H2,27,33)(H,28,36)(H,29,32)(H,30,34)(H,31,35)/t15-,16-,17-,18-,20-,21-/m0/s1. The van der Waals surface area contributed by atoms with Crippen molar-refractivity contribution in [3.8, 4) is 0 Å². The van der Waals surface area contributed by atoms with Crippen LogP contribution in [0.15, 0.2) is 0 Å². The summed E-state index contributed by atoms with van der Waals surface area (Å²) in [5, 5.41) is 10.5. The molecule has 11 nitrogen and oxygen atoms in total. The monoisotopic (exact) mass is 544 g/mol. The molecular weight excluding hydrogens is 496 g/mol. The van der Waals surface area contributed by atoms with Gasteiger partial charge in [0.1, 0.15) is 18.1 Å². The zero-order chi connectivity index (χ0) is 28.7. The highest BCUT2D eigenvalue weighted by atomic mass is 32.2. The molecule has 5 amide bonds. The first kappa shape index (κ1) is 34.7. The summed E-state index contributed by atoms with van der Waals surface area (Å²) in [4.78, 5) is 62.7. The van der Waals surface area contributed by atoms with E-state index in [4.69, 9.17) is 11.5 Å². The molecule has 0 unspecified atom stereocenters. The Morgan fingerprint density at radius 1 is 0.811 bits per heavy atom. The molecule has 0 aromatic heterocycles. The molecule has 0 spiro atoms. The number of rotatable bonds is 18. The lowest BCUT2D eigenvalue weighted by molar-refractivity contribution is -0.133. The molecule has 0 fully saturated rings. The second-order valence-corrected chi connectivity index (χ2v) is 11.0.